The predicted octanol–water partition coefficient (Wildman–Crippen LogP) is 2.99. The lowest BCUT2D eigenvalue weighted by atomic mass is 9.86. The Labute approximate surface area is 545 Å². The second-order valence-corrected chi connectivity index (χ2v) is 25.4. The van der Waals surface area contributed by atoms with E-state index in [9.17, 15) is 73.5 Å². The number of hydrogen-bond donors (Lipinski definition) is 11. The third-order valence-electron chi connectivity index (χ3n) is 17.2. The van der Waals surface area contributed by atoms with Gasteiger partial charge in [-0.05, 0) is 112 Å². The first-order valence-electron chi connectivity index (χ1n) is 32.4. The lowest BCUT2D eigenvalue weighted by Gasteiger charge is -2.35. The van der Waals surface area contributed by atoms with Crippen molar-refractivity contribution in [2.45, 2.75) is 154 Å². The van der Waals surface area contributed by atoms with E-state index in [0.29, 0.717) is 87.1 Å². The quantitative estimate of drug-likeness (QED) is 0.0338. The highest BCUT2D eigenvalue weighted by Gasteiger charge is 2.40. The van der Waals surface area contributed by atoms with Crippen LogP contribution < -0.4 is 32.7 Å². The van der Waals surface area contributed by atoms with E-state index in [1.54, 1.807) is 62.1 Å². The second kappa shape index (κ2) is 40.9. The van der Waals surface area contributed by atoms with Crippen molar-refractivity contribution in [2.24, 2.45) is 35.1 Å². The summed E-state index contributed by atoms with van der Waals surface area (Å²) in [6, 6.07) is 10.8. The van der Waals surface area contributed by atoms with E-state index in [1.165, 1.54) is 4.90 Å². The van der Waals surface area contributed by atoms with Gasteiger partial charge in [0.25, 0.3) is 0 Å². The molecule has 2 aromatic carbocycles. The van der Waals surface area contributed by atoms with E-state index in [0.717, 1.165) is 5.56 Å². The topological polar surface area (TPSA) is 388 Å². The Morgan fingerprint density at radius 1 is 0.598 bits per heavy atom. The minimum Gasteiger partial charge on any atom is -0.480 e. The number of hydrogen-bond acceptors (Lipinski definition) is 17. The number of nitrogens with one attached hydrogen (secondary N) is 4. The van der Waals surface area contributed by atoms with Crippen molar-refractivity contribution >= 4 is 82.2 Å². The summed E-state index contributed by atoms with van der Waals surface area (Å²) in [5.41, 5.74) is 13.8. The van der Waals surface area contributed by atoms with Gasteiger partial charge in [-0.3, -0.25) is 62.8 Å². The maximum atomic E-state index is 14.6. The molecule has 92 heavy (non-hydrogen) atoms. The molecule has 2 aliphatic rings. The van der Waals surface area contributed by atoms with Crippen molar-refractivity contribution in [1.29, 1.82) is 0 Å². The van der Waals surface area contributed by atoms with Crippen molar-refractivity contribution < 1.29 is 73.5 Å². The SMILES string of the molecule is CC[C@H](C)[C@H](NC(=O)[C@@H](CC(=S)Nc1ccc(CCC(C(=O)O)N2CCN(CC(=O)O)CCN(CC(=O)O)CCN(CC(=O)O)CC2)cc1)CC(C)C)C(=O)C[C@@H](CCCCN)C(=O)N[C@@H](CCCCN)C(=O)N1CCC[C@H]1C(=O)N[C@@H](Cc1ccccc1)C(=O)O. The average Bonchev–Trinajstić information content (AvgIpc) is 1.63. The number of benzene rings is 2. The second-order valence-electron chi connectivity index (χ2n) is 24.9. The molecule has 2 aliphatic heterocycles. The summed E-state index contributed by atoms with van der Waals surface area (Å²) < 4.78 is 0. The lowest BCUT2D eigenvalue weighted by Crippen LogP contribution is -2.56. The summed E-state index contributed by atoms with van der Waals surface area (Å²) in [5.74, 6) is -9.84. The zero-order chi connectivity index (χ0) is 67.9. The highest BCUT2D eigenvalue weighted by atomic mass is 32.1. The molecular formula is C65H101N11O15S. The first-order chi connectivity index (χ1) is 43.8. The van der Waals surface area contributed by atoms with Gasteiger partial charge in [0.15, 0.2) is 5.78 Å². The smallest absolute Gasteiger partial charge is 0.326 e. The van der Waals surface area contributed by atoms with Crippen LogP contribution in [0.15, 0.2) is 54.6 Å². The third-order valence-corrected chi connectivity index (χ3v) is 17.4. The Hall–Kier alpha value is -7.01. The number of carboxylic acids is 5. The van der Waals surface area contributed by atoms with Gasteiger partial charge >= 0.3 is 29.8 Å². The van der Waals surface area contributed by atoms with Crippen LogP contribution in [-0.2, 0) is 60.8 Å². The summed E-state index contributed by atoms with van der Waals surface area (Å²) >= 11 is 5.85. The molecule has 0 bridgehead atoms. The number of nitrogens with two attached hydrogens (primary N) is 2. The van der Waals surface area contributed by atoms with E-state index >= 15 is 0 Å². The van der Waals surface area contributed by atoms with Crippen LogP contribution in [-0.4, -0.2) is 236 Å². The molecule has 512 valence electrons. The minimum atomic E-state index is -1.25. The summed E-state index contributed by atoms with van der Waals surface area (Å²) in [7, 11) is 0. The molecule has 4 rings (SSSR count). The first-order valence-corrected chi connectivity index (χ1v) is 32.8. The molecule has 2 fully saturated rings. The normalized spacial score (nSPS) is 17.9. The zero-order valence-corrected chi connectivity index (χ0v) is 54.8. The number of anilines is 1. The number of thiocarbonyl (C=S) groups is 1. The van der Waals surface area contributed by atoms with Gasteiger partial charge < -0.3 is 63.2 Å². The number of carbonyl (C=O) groups excluding carboxylic acids is 5. The molecule has 0 aromatic heterocycles. The van der Waals surface area contributed by atoms with Gasteiger partial charge in [-0.25, -0.2) is 4.79 Å². The molecule has 1 unspecified atom stereocenters. The molecule has 26 nitrogen and oxygen atoms in total. The van der Waals surface area contributed by atoms with E-state index in [2.05, 4.69) is 21.3 Å². The summed E-state index contributed by atoms with van der Waals surface area (Å²) in [6.07, 6.45) is 4.66. The number of carbonyl (C=O) groups is 10. The molecule has 4 amide bonds. The number of Topliss-reactive ketones (excluding diaryl/α,β-unsaturated/α-hetero) is 1. The predicted molar refractivity (Wildman–Crippen MR) is 350 cm³/mol. The number of aliphatic carboxylic acids is 5. The van der Waals surface area contributed by atoms with Crippen LogP contribution in [0, 0.1) is 23.7 Å². The number of nitrogens with zero attached hydrogens (tertiary/aromatic N) is 5. The van der Waals surface area contributed by atoms with E-state index in [1.807, 2.05) is 39.8 Å². The fourth-order valence-electron chi connectivity index (χ4n) is 11.9. The number of unbranched alkanes of at least 4 members (excludes halogenated alkanes) is 2. The highest BCUT2D eigenvalue weighted by molar-refractivity contribution is 7.80. The van der Waals surface area contributed by atoms with Gasteiger partial charge in [0.05, 0.1) is 30.7 Å². The Morgan fingerprint density at radius 2 is 1.14 bits per heavy atom. The van der Waals surface area contributed by atoms with Crippen molar-refractivity contribution in [3.05, 3.63) is 65.7 Å². The molecule has 0 aliphatic carbocycles. The van der Waals surface area contributed by atoms with Crippen LogP contribution in [0.1, 0.15) is 122 Å². The molecule has 13 N–H and O–H groups in total. The van der Waals surface area contributed by atoms with E-state index in [-0.39, 0.29) is 141 Å². The molecule has 0 saturated carbocycles. The maximum Gasteiger partial charge on any atom is 0.326 e. The molecule has 8 atom stereocenters. The Kier molecular flexibility index (Phi) is 34.4. The van der Waals surface area contributed by atoms with Crippen LogP contribution in [0.25, 0.3) is 0 Å². The molecule has 2 heterocycles. The van der Waals surface area contributed by atoms with Crippen molar-refractivity contribution in [2.75, 3.05) is 96.9 Å². The van der Waals surface area contributed by atoms with Crippen molar-refractivity contribution in [1.82, 2.24) is 40.4 Å². The Morgan fingerprint density at radius 3 is 1.65 bits per heavy atom. The fraction of sp³-hybridized carbons (Fsp3) is 0.646. The van der Waals surface area contributed by atoms with Crippen LogP contribution in [0.4, 0.5) is 5.69 Å². The number of amides is 4. The van der Waals surface area contributed by atoms with Gasteiger partial charge in [0, 0.05) is 95.7 Å². The summed E-state index contributed by atoms with van der Waals surface area (Å²) in [6.45, 7) is 9.00. The molecule has 27 heteroatoms. The summed E-state index contributed by atoms with van der Waals surface area (Å²) in [5, 5.41) is 61.3. The fourth-order valence-corrected chi connectivity index (χ4v) is 12.2. The van der Waals surface area contributed by atoms with Crippen LogP contribution in [0.3, 0.4) is 0 Å². The van der Waals surface area contributed by atoms with Crippen molar-refractivity contribution in [3.8, 4) is 0 Å². The number of ketones is 1. The first kappa shape index (κ1) is 77.4. The Bertz CT molecular complexity index is 2700. The minimum absolute atomic E-state index is 0.0360. The van der Waals surface area contributed by atoms with Gasteiger partial charge in [-0.15, -0.1) is 0 Å². The number of aryl methyl sites for hydroxylation is 1. The number of carboxylic acid groups (broad SMARTS) is 5. The van der Waals surface area contributed by atoms with E-state index in [4.69, 9.17) is 23.7 Å². The van der Waals surface area contributed by atoms with Crippen LogP contribution in [0.5, 0.6) is 0 Å². The standard InChI is InChI=1S/C65H101N11O15S/c1-5-44(4)59(54(77)38-47(16-9-11-25-66)60(84)69-50(17-10-12-26-67)63(87)76-27-13-18-52(76)62(86)70-51(64(88)89)37-46-14-7-6-8-15-46)71-61(85)48(36-43(2)3)39-55(92)68-49-22-19-45(20-23-49)21-24-53(65(90)91)75-34-32-73(41-57(80)81)30-28-72(40-56(78)79)29-31-74(33-35-75)42-58(82)83/h6-8,14-15,19-20,22-23,43-44,47-48,50-53,59H,5,9-13,16-18,21,24-42,66-67H2,1-4H3,(H,68,92)(H,69,84)(H,70,86)(H,71,85)(H,78,79)(H,80,81)(H,82,83)(H,88,89)(H,90,91)/t44-,47+,48+,50-,51-,52-,53?,59-/m0/s1. The molecule has 0 spiro atoms. The van der Waals surface area contributed by atoms with Gasteiger partial charge in [0.2, 0.25) is 23.6 Å². The lowest BCUT2D eigenvalue weighted by molar-refractivity contribution is -0.145. The summed E-state index contributed by atoms with van der Waals surface area (Å²) in [4.78, 5) is 141. The molecular weight excluding hydrogens is 1210 g/mol. The largest absolute Gasteiger partial charge is 0.480 e. The van der Waals surface area contributed by atoms with Crippen LogP contribution >= 0.6 is 12.2 Å². The third kappa shape index (κ3) is 27.7. The number of likely N-dealkylation sites (tertiary alicyclic amines) is 1. The van der Waals surface area contributed by atoms with Gasteiger partial charge in [0.1, 0.15) is 24.2 Å². The molecule has 0 radical (unpaired) electrons. The van der Waals surface area contributed by atoms with Gasteiger partial charge in [-0.1, -0.05) is 95.2 Å². The van der Waals surface area contributed by atoms with E-state index < -0.39 is 89.6 Å². The average molecular weight is 1310 g/mol. The van der Waals surface area contributed by atoms with Crippen molar-refractivity contribution in [3.63, 3.8) is 0 Å². The highest BCUT2D eigenvalue weighted by Crippen LogP contribution is 2.25. The van der Waals surface area contributed by atoms with Gasteiger partial charge in [-0.2, -0.15) is 0 Å². The molecule has 2 aromatic rings. The zero-order valence-electron chi connectivity index (χ0n) is 54.0. The molecule has 2 saturated heterocycles. The number of rotatable bonds is 39. The monoisotopic (exact) mass is 1310 g/mol. The Balaban J connectivity index is 1.45. The maximum absolute atomic E-state index is 14.6. The van der Waals surface area contributed by atoms with Crippen LogP contribution in [0.2, 0.25) is 0 Å².